The van der Waals surface area contributed by atoms with Crippen LogP contribution in [0, 0.1) is 0 Å². The number of amides is 1. The van der Waals surface area contributed by atoms with Gasteiger partial charge in [-0.05, 0) is 37.1 Å². The number of methoxy groups -OCH3 is 1. The average Bonchev–Trinajstić information content (AvgIpc) is 3.37. The van der Waals surface area contributed by atoms with Crippen LogP contribution in [0.1, 0.15) is 35.1 Å². The van der Waals surface area contributed by atoms with E-state index >= 15 is 0 Å². The minimum Gasteiger partial charge on any atom is -0.497 e. The molecule has 132 valence electrons. The lowest BCUT2D eigenvalue weighted by Gasteiger charge is -2.21. The van der Waals surface area contributed by atoms with E-state index in [4.69, 9.17) is 9.26 Å². The van der Waals surface area contributed by atoms with Crippen LogP contribution in [0.25, 0.3) is 11.4 Å². The highest BCUT2D eigenvalue weighted by atomic mass is 16.5. The second kappa shape index (κ2) is 7.00. The lowest BCUT2D eigenvalue weighted by molar-refractivity contribution is 0.0710. The number of benzene rings is 2. The molecule has 0 spiro atoms. The van der Waals surface area contributed by atoms with E-state index < -0.39 is 0 Å². The van der Waals surface area contributed by atoms with E-state index in [1.807, 2.05) is 59.5 Å². The number of nitrogens with zero attached hydrogens (tertiary/aromatic N) is 3. The maximum atomic E-state index is 12.8. The summed E-state index contributed by atoms with van der Waals surface area (Å²) in [4.78, 5) is 19.2. The molecule has 1 amide bonds. The topological polar surface area (TPSA) is 68.5 Å². The Morgan fingerprint density at radius 1 is 1.19 bits per heavy atom. The van der Waals surface area contributed by atoms with Crippen molar-refractivity contribution in [2.45, 2.75) is 18.9 Å². The molecule has 4 rings (SSSR count). The Bertz CT molecular complexity index is 907. The predicted molar refractivity (Wildman–Crippen MR) is 95.7 cm³/mol. The largest absolute Gasteiger partial charge is 0.497 e. The van der Waals surface area contributed by atoms with Crippen LogP contribution in [0.2, 0.25) is 0 Å². The van der Waals surface area contributed by atoms with Crippen LogP contribution in [-0.4, -0.2) is 34.6 Å². The van der Waals surface area contributed by atoms with Crippen molar-refractivity contribution < 1.29 is 14.1 Å². The summed E-state index contributed by atoms with van der Waals surface area (Å²) in [6, 6.07) is 16.6. The second-order valence-corrected chi connectivity index (χ2v) is 6.21. The first-order chi connectivity index (χ1) is 12.8. The van der Waals surface area contributed by atoms with E-state index in [1.54, 1.807) is 7.11 Å². The molecule has 6 nitrogen and oxygen atoms in total. The molecule has 0 bridgehead atoms. The van der Waals surface area contributed by atoms with Gasteiger partial charge in [0.25, 0.3) is 5.91 Å². The summed E-state index contributed by atoms with van der Waals surface area (Å²) in [5.41, 5.74) is 1.49. The minimum atomic E-state index is -0.186. The fraction of sp³-hybridized carbons (Fsp3) is 0.250. The molecule has 1 unspecified atom stereocenters. The highest BCUT2D eigenvalue weighted by Crippen LogP contribution is 2.33. The Morgan fingerprint density at radius 2 is 2.04 bits per heavy atom. The Hall–Kier alpha value is -3.15. The van der Waals surface area contributed by atoms with Crippen LogP contribution >= 0.6 is 0 Å². The fourth-order valence-electron chi connectivity index (χ4n) is 3.26. The zero-order valence-electron chi connectivity index (χ0n) is 14.5. The number of rotatable bonds is 4. The molecule has 1 fully saturated rings. The third kappa shape index (κ3) is 3.06. The first kappa shape index (κ1) is 16.3. The van der Waals surface area contributed by atoms with Crippen LogP contribution in [0.15, 0.2) is 59.1 Å². The number of ether oxygens (including phenoxy) is 1. The molecule has 1 aliphatic rings. The first-order valence-corrected chi connectivity index (χ1v) is 8.60. The van der Waals surface area contributed by atoms with Gasteiger partial charge in [0.15, 0.2) is 0 Å². The minimum absolute atomic E-state index is 0.00534. The summed E-state index contributed by atoms with van der Waals surface area (Å²) in [5, 5.41) is 4.09. The Balaban J connectivity index is 1.59. The van der Waals surface area contributed by atoms with Gasteiger partial charge in [0.1, 0.15) is 11.8 Å². The van der Waals surface area contributed by atoms with Crippen LogP contribution in [0.3, 0.4) is 0 Å². The van der Waals surface area contributed by atoms with E-state index in [-0.39, 0.29) is 11.9 Å². The van der Waals surface area contributed by atoms with E-state index in [2.05, 4.69) is 10.1 Å². The maximum Gasteiger partial charge on any atom is 0.254 e. The molecule has 3 aromatic rings. The number of hydrogen-bond donors (Lipinski definition) is 0. The molecule has 1 saturated heterocycles. The lowest BCUT2D eigenvalue weighted by atomic mass is 10.1. The molecule has 2 aromatic carbocycles. The van der Waals surface area contributed by atoms with Gasteiger partial charge in [-0.25, -0.2) is 0 Å². The highest BCUT2D eigenvalue weighted by molar-refractivity contribution is 5.94. The normalized spacial score (nSPS) is 16.7. The van der Waals surface area contributed by atoms with E-state index in [0.717, 1.165) is 24.2 Å². The molecule has 0 radical (unpaired) electrons. The van der Waals surface area contributed by atoms with Gasteiger partial charge in [-0.2, -0.15) is 4.98 Å². The number of likely N-dealkylation sites (tertiary alicyclic amines) is 1. The van der Waals surface area contributed by atoms with Crippen molar-refractivity contribution in [3.05, 3.63) is 66.1 Å². The number of hydrogen-bond acceptors (Lipinski definition) is 5. The monoisotopic (exact) mass is 349 g/mol. The van der Waals surface area contributed by atoms with Crippen LogP contribution < -0.4 is 4.74 Å². The van der Waals surface area contributed by atoms with Crippen molar-refractivity contribution in [2.24, 2.45) is 0 Å². The quantitative estimate of drug-likeness (QED) is 0.718. The summed E-state index contributed by atoms with van der Waals surface area (Å²) in [7, 11) is 1.62. The molecule has 0 aliphatic carbocycles. The van der Waals surface area contributed by atoms with Gasteiger partial charge >= 0.3 is 0 Å². The van der Waals surface area contributed by atoms with Gasteiger partial charge in [0.05, 0.1) is 7.11 Å². The van der Waals surface area contributed by atoms with E-state index in [9.17, 15) is 4.79 Å². The lowest BCUT2D eigenvalue weighted by Crippen LogP contribution is -2.30. The summed E-state index contributed by atoms with van der Waals surface area (Å²) in [5.74, 6) is 1.70. The van der Waals surface area contributed by atoms with Crippen LogP contribution in [0.5, 0.6) is 5.75 Å². The van der Waals surface area contributed by atoms with Gasteiger partial charge in [-0.15, -0.1) is 0 Å². The van der Waals surface area contributed by atoms with E-state index in [1.165, 1.54) is 0 Å². The van der Waals surface area contributed by atoms with Gasteiger partial charge in [0, 0.05) is 17.7 Å². The molecule has 0 N–H and O–H groups in total. The summed E-state index contributed by atoms with van der Waals surface area (Å²) in [6.07, 6.45) is 1.73. The third-order valence-electron chi connectivity index (χ3n) is 4.59. The Labute approximate surface area is 151 Å². The van der Waals surface area contributed by atoms with Crippen LogP contribution in [-0.2, 0) is 0 Å². The SMILES string of the molecule is COc1cccc(-c2noc(C3CCCN3C(=O)c3ccccc3)n2)c1. The summed E-state index contributed by atoms with van der Waals surface area (Å²) < 4.78 is 10.7. The fourth-order valence-corrected chi connectivity index (χ4v) is 3.26. The molecular formula is C20H19N3O3. The van der Waals surface area contributed by atoms with Crippen molar-refractivity contribution in [2.75, 3.05) is 13.7 Å². The molecule has 1 aromatic heterocycles. The van der Waals surface area contributed by atoms with Gasteiger partial charge in [0.2, 0.25) is 11.7 Å². The number of carbonyl (C=O) groups excluding carboxylic acids is 1. The van der Waals surface area contributed by atoms with Crippen molar-refractivity contribution >= 4 is 5.91 Å². The maximum absolute atomic E-state index is 12.8. The van der Waals surface area contributed by atoms with Crippen molar-refractivity contribution in [3.8, 4) is 17.1 Å². The van der Waals surface area contributed by atoms with Crippen molar-refractivity contribution in [1.82, 2.24) is 15.0 Å². The van der Waals surface area contributed by atoms with Crippen molar-refractivity contribution in [3.63, 3.8) is 0 Å². The van der Waals surface area contributed by atoms with Gasteiger partial charge < -0.3 is 14.2 Å². The molecule has 1 atom stereocenters. The molecular weight excluding hydrogens is 330 g/mol. The van der Waals surface area contributed by atoms with Crippen molar-refractivity contribution in [1.29, 1.82) is 0 Å². The average molecular weight is 349 g/mol. The number of aromatic nitrogens is 2. The zero-order valence-corrected chi connectivity index (χ0v) is 14.5. The Kier molecular flexibility index (Phi) is 4.39. The Morgan fingerprint density at radius 3 is 2.85 bits per heavy atom. The smallest absolute Gasteiger partial charge is 0.254 e. The molecule has 26 heavy (non-hydrogen) atoms. The van der Waals surface area contributed by atoms with E-state index in [0.29, 0.717) is 23.8 Å². The van der Waals surface area contributed by atoms with Crippen LogP contribution in [0.4, 0.5) is 0 Å². The molecule has 1 aliphatic heterocycles. The highest BCUT2D eigenvalue weighted by Gasteiger charge is 2.34. The first-order valence-electron chi connectivity index (χ1n) is 8.60. The molecule has 6 heteroatoms. The van der Waals surface area contributed by atoms with Gasteiger partial charge in [-0.3, -0.25) is 4.79 Å². The van der Waals surface area contributed by atoms with Gasteiger partial charge in [-0.1, -0.05) is 35.5 Å². The number of carbonyl (C=O) groups is 1. The summed E-state index contributed by atoms with van der Waals surface area (Å²) >= 11 is 0. The predicted octanol–water partition coefficient (Wildman–Crippen LogP) is 3.72. The standard InChI is InChI=1S/C20H19N3O3/c1-25-16-10-5-9-15(13-16)18-21-19(26-22-18)17-11-6-12-23(17)20(24)14-7-3-2-4-8-14/h2-5,7-10,13,17H,6,11-12H2,1H3. The third-order valence-corrected chi connectivity index (χ3v) is 4.59. The summed E-state index contributed by atoms with van der Waals surface area (Å²) in [6.45, 7) is 0.690. The molecule has 2 heterocycles. The zero-order chi connectivity index (χ0) is 17.9. The molecule has 0 saturated carbocycles. The second-order valence-electron chi connectivity index (χ2n) is 6.21.